The van der Waals surface area contributed by atoms with Gasteiger partial charge in [0, 0.05) is 19.8 Å². The minimum Gasteiger partial charge on any atom is -0.388 e. The first-order chi connectivity index (χ1) is 8.65. The van der Waals surface area contributed by atoms with E-state index in [0.29, 0.717) is 11.5 Å². The molecule has 0 aliphatic carbocycles. The fourth-order valence-electron chi connectivity index (χ4n) is 1.48. The first kappa shape index (κ1) is 12.4. The van der Waals surface area contributed by atoms with Crippen molar-refractivity contribution in [1.29, 1.82) is 0 Å². The predicted molar refractivity (Wildman–Crippen MR) is 73.3 cm³/mol. The Labute approximate surface area is 110 Å². The zero-order valence-corrected chi connectivity index (χ0v) is 10.8. The molecule has 0 aliphatic heterocycles. The van der Waals surface area contributed by atoms with Crippen molar-refractivity contribution in [3.8, 4) is 0 Å². The molecule has 0 amide bonds. The zero-order valence-electron chi connectivity index (χ0n) is 10.00. The maximum Gasteiger partial charge on any atom is 0.144 e. The number of thiocarbonyl (C=S) groups is 1. The van der Waals surface area contributed by atoms with Crippen molar-refractivity contribution >= 4 is 23.0 Å². The molecular formula is C11H14N6S. The van der Waals surface area contributed by atoms with E-state index in [1.807, 2.05) is 19.4 Å². The molecule has 6 nitrogen and oxygen atoms in total. The molecule has 0 radical (unpaired) electrons. The molecule has 7 heteroatoms. The van der Waals surface area contributed by atoms with Gasteiger partial charge in [0.1, 0.15) is 16.5 Å². The second-order valence-electron chi connectivity index (χ2n) is 3.85. The molecule has 0 saturated carbocycles. The van der Waals surface area contributed by atoms with Crippen LogP contribution in [0.15, 0.2) is 24.8 Å². The first-order valence-electron chi connectivity index (χ1n) is 5.48. The van der Waals surface area contributed by atoms with Gasteiger partial charge in [-0.25, -0.2) is 9.97 Å². The van der Waals surface area contributed by atoms with Crippen LogP contribution in [-0.4, -0.2) is 31.3 Å². The fraction of sp³-hybridized carbons (Fsp3) is 0.273. The second kappa shape index (κ2) is 5.54. The summed E-state index contributed by atoms with van der Waals surface area (Å²) in [5.41, 5.74) is 7.15. The molecular weight excluding hydrogens is 248 g/mol. The van der Waals surface area contributed by atoms with E-state index in [1.165, 1.54) is 5.56 Å². The van der Waals surface area contributed by atoms with E-state index >= 15 is 0 Å². The quantitative estimate of drug-likeness (QED) is 0.764. The van der Waals surface area contributed by atoms with Crippen LogP contribution >= 0.6 is 12.2 Å². The van der Waals surface area contributed by atoms with E-state index in [4.69, 9.17) is 18.0 Å². The summed E-state index contributed by atoms with van der Waals surface area (Å²) in [4.78, 5) is 8.53. The van der Waals surface area contributed by atoms with Crippen molar-refractivity contribution in [3.05, 3.63) is 36.0 Å². The van der Waals surface area contributed by atoms with Gasteiger partial charge in [-0.3, -0.25) is 4.68 Å². The second-order valence-corrected chi connectivity index (χ2v) is 4.29. The van der Waals surface area contributed by atoms with Gasteiger partial charge in [0.25, 0.3) is 0 Å². The molecule has 2 heterocycles. The molecule has 0 fully saturated rings. The minimum atomic E-state index is 0.254. The number of hydrogen-bond donors (Lipinski definition) is 2. The van der Waals surface area contributed by atoms with Gasteiger partial charge < -0.3 is 11.1 Å². The van der Waals surface area contributed by atoms with Crippen LogP contribution in [0.3, 0.4) is 0 Å². The predicted octanol–water partition coefficient (Wildman–Crippen LogP) is 0.499. The van der Waals surface area contributed by atoms with Crippen molar-refractivity contribution in [2.45, 2.75) is 6.42 Å². The third-order valence-corrected chi connectivity index (χ3v) is 2.59. The lowest BCUT2D eigenvalue weighted by Crippen LogP contribution is -2.13. The molecule has 0 atom stereocenters. The topological polar surface area (TPSA) is 81.7 Å². The van der Waals surface area contributed by atoms with Crippen LogP contribution in [0.5, 0.6) is 0 Å². The SMILES string of the molecule is Cn1cc(CCNc2cnc(C(N)=S)cn2)cn1. The summed E-state index contributed by atoms with van der Waals surface area (Å²) in [7, 11) is 1.90. The van der Waals surface area contributed by atoms with E-state index in [-0.39, 0.29) is 4.99 Å². The molecule has 2 aromatic rings. The standard InChI is InChI=1S/C11H14N6S/c1-17-7-8(4-16-17)2-3-13-10-6-14-9(5-15-10)11(12)18/h4-7H,2-3H2,1H3,(H2,12,18)(H,13,15). The summed E-state index contributed by atoms with van der Waals surface area (Å²) < 4.78 is 1.78. The van der Waals surface area contributed by atoms with Crippen LogP contribution in [0.1, 0.15) is 11.3 Å². The average Bonchev–Trinajstić information content (AvgIpc) is 2.76. The maximum atomic E-state index is 5.44. The number of anilines is 1. The van der Waals surface area contributed by atoms with Crippen LogP contribution in [0, 0.1) is 0 Å². The van der Waals surface area contributed by atoms with Gasteiger partial charge in [0.15, 0.2) is 0 Å². The van der Waals surface area contributed by atoms with Gasteiger partial charge in [-0.05, 0) is 12.0 Å². The average molecular weight is 262 g/mol. The molecule has 18 heavy (non-hydrogen) atoms. The Balaban J connectivity index is 1.85. The number of rotatable bonds is 5. The molecule has 0 saturated heterocycles. The maximum absolute atomic E-state index is 5.44. The summed E-state index contributed by atoms with van der Waals surface area (Å²) in [6.07, 6.45) is 7.91. The third-order valence-electron chi connectivity index (χ3n) is 2.38. The van der Waals surface area contributed by atoms with E-state index in [9.17, 15) is 0 Å². The summed E-state index contributed by atoms with van der Waals surface area (Å²) in [6, 6.07) is 0. The summed E-state index contributed by atoms with van der Waals surface area (Å²) in [6.45, 7) is 0.771. The Morgan fingerprint density at radius 1 is 1.39 bits per heavy atom. The minimum absolute atomic E-state index is 0.254. The molecule has 2 aromatic heterocycles. The summed E-state index contributed by atoms with van der Waals surface area (Å²) >= 11 is 4.80. The van der Waals surface area contributed by atoms with Crippen LogP contribution in [0.4, 0.5) is 5.82 Å². The summed E-state index contributed by atoms with van der Waals surface area (Å²) in [5.74, 6) is 0.707. The monoisotopic (exact) mass is 262 g/mol. The highest BCUT2D eigenvalue weighted by Gasteiger charge is 2.00. The Morgan fingerprint density at radius 3 is 2.78 bits per heavy atom. The zero-order chi connectivity index (χ0) is 13.0. The highest BCUT2D eigenvalue weighted by molar-refractivity contribution is 7.80. The summed E-state index contributed by atoms with van der Waals surface area (Å²) in [5, 5.41) is 7.28. The van der Waals surface area contributed by atoms with E-state index in [1.54, 1.807) is 17.1 Å². The molecule has 0 aliphatic rings. The van der Waals surface area contributed by atoms with Gasteiger partial charge in [-0.2, -0.15) is 5.10 Å². The largest absolute Gasteiger partial charge is 0.388 e. The van der Waals surface area contributed by atoms with Crippen molar-refractivity contribution < 1.29 is 0 Å². The Hall–Kier alpha value is -2.02. The van der Waals surface area contributed by atoms with Gasteiger partial charge >= 0.3 is 0 Å². The molecule has 0 bridgehead atoms. The van der Waals surface area contributed by atoms with Gasteiger partial charge in [0.05, 0.1) is 18.6 Å². The van der Waals surface area contributed by atoms with Crippen LogP contribution in [-0.2, 0) is 13.5 Å². The first-order valence-corrected chi connectivity index (χ1v) is 5.89. The molecule has 2 rings (SSSR count). The molecule has 0 aromatic carbocycles. The van der Waals surface area contributed by atoms with Crippen molar-refractivity contribution in [2.75, 3.05) is 11.9 Å². The van der Waals surface area contributed by atoms with Crippen LogP contribution < -0.4 is 11.1 Å². The Morgan fingerprint density at radius 2 is 2.22 bits per heavy atom. The molecule has 0 unspecified atom stereocenters. The number of aromatic nitrogens is 4. The lowest BCUT2D eigenvalue weighted by Gasteiger charge is -2.04. The molecule has 94 valence electrons. The number of nitrogens with two attached hydrogens (primary N) is 1. The highest BCUT2D eigenvalue weighted by Crippen LogP contribution is 2.02. The lowest BCUT2D eigenvalue weighted by atomic mass is 10.2. The van der Waals surface area contributed by atoms with Crippen LogP contribution in [0.25, 0.3) is 0 Å². The normalized spacial score (nSPS) is 10.3. The van der Waals surface area contributed by atoms with Gasteiger partial charge in [-0.15, -0.1) is 0 Å². The number of nitrogens with one attached hydrogen (secondary N) is 1. The fourth-order valence-corrected chi connectivity index (χ4v) is 1.59. The van der Waals surface area contributed by atoms with E-state index < -0.39 is 0 Å². The molecule has 0 spiro atoms. The van der Waals surface area contributed by atoms with E-state index in [0.717, 1.165) is 13.0 Å². The number of aryl methyl sites for hydroxylation is 1. The number of hydrogen-bond acceptors (Lipinski definition) is 5. The van der Waals surface area contributed by atoms with Crippen LogP contribution in [0.2, 0.25) is 0 Å². The van der Waals surface area contributed by atoms with Crippen molar-refractivity contribution in [1.82, 2.24) is 19.7 Å². The van der Waals surface area contributed by atoms with Crippen molar-refractivity contribution in [3.63, 3.8) is 0 Å². The molecule has 3 N–H and O–H groups in total. The van der Waals surface area contributed by atoms with Crippen molar-refractivity contribution in [2.24, 2.45) is 12.8 Å². The Bertz CT molecular complexity index is 533. The lowest BCUT2D eigenvalue weighted by molar-refractivity contribution is 0.767. The Kier molecular flexibility index (Phi) is 3.83. The van der Waals surface area contributed by atoms with Gasteiger partial charge in [0.2, 0.25) is 0 Å². The highest BCUT2D eigenvalue weighted by atomic mass is 32.1. The number of nitrogens with zero attached hydrogens (tertiary/aromatic N) is 4. The third kappa shape index (κ3) is 3.24. The van der Waals surface area contributed by atoms with E-state index in [2.05, 4.69) is 20.4 Å². The smallest absolute Gasteiger partial charge is 0.144 e. The van der Waals surface area contributed by atoms with Gasteiger partial charge in [-0.1, -0.05) is 12.2 Å².